The summed E-state index contributed by atoms with van der Waals surface area (Å²) in [6.45, 7) is 0.459. The van der Waals surface area contributed by atoms with Gasteiger partial charge in [-0.25, -0.2) is 4.39 Å². The van der Waals surface area contributed by atoms with Gasteiger partial charge in [-0.3, -0.25) is 16.3 Å². The van der Waals surface area contributed by atoms with E-state index in [1.807, 2.05) is 0 Å². The molecular formula is C6H8FN3. The Morgan fingerprint density at radius 2 is 2.40 bits per heavy atom. The Morgan fingerprint density at radius 3 is 2.90 bits per heavy atom. The molecule has 4 heteroatoms. The van der Waals surface area contributed by atoms with Crippen molar-refractivity contribution in [3.05, 3.63) is 29.8 Å². The van der Waals surface area contributed by atoms with Gasteiger partial charge in [0.05, 0.1) is 18.4 Å². The number of nitrogens with one attached hydrogen (secondary N) is 1. The summed E-state index contributed by atoms with van der Waals surface area (Å²) in [4.78, 5) is 3.75. The van der Waals surface area contributed by atoms with Crippen LogP contribution < -0.4 is 11.3 Å². The van der Waals surface area contributed by atoms with Gasteiger partial charge in [-0.05, 0) is 12.1 Å². The standard InChI is InChI=1S/C6H8FN3/c7-5-1-2-6(4-10-8)9-3-5/h1-3,10H,4,8H2. The lowest BCUT2D eigenvalue weighted by Gasteiger charge is -1.96. The first-order valence-corrected chi connectivity index (χ1v) is 2.87. The van der Waals surface area contributed by atoms with Gasteiger partial charge in [0.2, 0.25) is 0 Å². The molecule has 0 aliphatic carbocycles. The van der Waals surface area contributed by atoms with Gasteiger partial charge in [0.15, 0.2) is 0 Å². The summed E-state index contributed by atoms with van der Waals surface area (Å²) in [7, 11) is 0. The first-order chi connectivity index (χ1) is 4.83. The van der Waals surface area contributed by atoms with Gasteiger partial charge in [-0.1, -0.05) is 0 Å². The molecule has 54 valence electrons. The number of hydrogen-bond acceptors (Lipinski definition) is 3. The molecule has 0 aliphatic heterocycles. The van der Waals surface area contributed by atoms with Crippen LogP contribution in [0.4, 0.5) is 4.39 Å². The van der Waals surface area contributed by atoms with Crippen LogP contribution in [0.1, 0.15) is 5.69 Å². The summed E-state index contributed by atoms with van der Waals surface area (Å²) in [5, 5.41) is 0. The molecule has 10 heavy (non-hydrogen) atoms. The Balaban J connectivity index is 2.69. The molecule has 3 N–H and O–H groups in total. The highest BCUT2D eigenvalue weighted by Crippen LogP contribution is 1.96. The monoisotopic (exact) mass is 141 g/mol. The van der Waals surface area contributed by atoms with Gasteiger partial charge in [0, 0.05) is 0 Å². The maximum absolute atomic E-state index is 12.2. The van der Waals surface area contributed by atoms with Crippen molar-refractivity contribution in [3.8, 4) is 0 Å². The molecule has 1 aromatic heterocycles. The van der Waals surface area contributed by atoms with E-state index in [1.165, 1.54) is 6.07 Å². The van der Waals surface area contributed by atoms with Crippen LogP contribution in [0.2, 0.25) is 0 Å². The maximum atomic E-state index is 12.2. The van der Waals surface area contributed by atoms with E-state index < -0.39 is 0 Å². The van der Waals surface area contributed by atoms with Crippen LogP contribution in [0.3, 0.4) is 0 Å². The van der Waals surface area contributed by atoms with E-state index in [1.54, 1.807) is 6.07 Å². The van der Waals surface area contributed by atoms with E-state index in [9.17, 15) is 4.39 Å². The second-order valence-corrected chi connectivity index (χ2v) is 1.85. The smallest absolute Gasteiger partial charge is 0.141 e. The second kappa shape index (κ2) is 3.24. The highest BCUT2D eigenvalue weighted by Gasteiger charge is 1.91. The second-order valence-electron chi connectivity index (χ2n) is 1.85. The quantitative estimate of drug-likeness (QED) is 0.456. The Hall–Kier alpha value is -1.00. The van der Waals surface area contributed by atoms with Gasteiger partial charge in [-0.2, -0.15) is 0 Å². The number of nitrogens with zero attached hydrogens (tertiary/aromatic N) is 1. The predicted octanol–water partition coefficient (Wildman–Crippen LogP) is 0.184. The van der Waals surface area contributed by atoms with Crippen molar-refractivity contribution < 1.29 is 4.39 Å². The average Bonchev–Trinajstić information content (AvgIpc) is 1.95. The van der Waals surface area contributed by atoms with E-state index in [0.29, 0.717) is 6.54 Å². The van der Waals surface area contributed by atoms with Crippen LogP contribution in [-0.4, -0.2) is 4.98 Å². The summed E-state index contributed by atoms with van der Waals surface area (Å²) >= 11 is 0. The number of hydrogen-bond donors (Lipinski definition) is 2. The molecular weight excluding hydrogens is 133 g/mol. The van der Waals surface area contributed by atoms with Crippen molar-refractivity contribution in [2.75, 3.05) is 0 Å². The Morgan fingerprint density at radius 1 is 1.60 bits per heavy atom. The number of nitrogens with two attached hydrogens (primary N) is 1. The largest absolute Gasteiger partial charge is 0.271 e. The minimum atomic E-state index is -0.333. The molecule has 0 bridgehead atoms. The van der Waals surface area contributed by atoms with Crippen LogP contribution in [0.15, 0.2) is 18.3 Å². The summed E-state index contributed by atoms with van der Waals surface area (Å²) < 4.78 is 12.2. The highest BCUT2D eigenvalue weighted by atomic mass is 19.1. The van der Waals surface area contributed by atoms with Crippen molar-refractivity contribution in [1.82, 2.24) is 10.4 Å². The summed E-state index contributed by atoms with van der Waals surface area (Å²) in [5.41, 5.74) is 3.14. The van der Waals surface area contributed by atoms with E-state index >= 15 is 0 Å². The Kier molecular flexibility index (Phi) is 2.30. The lowest BCUT2D eigenvalue weighted by molar-refractivity contribution is 0.616. The van der Waals surface area contributed by atoms with Gasteiger partial charge < -0.3 is 0 Å². The molecule has 1 heterocycles. The van der Waals surface area contributed by atoms with E-state index in [2.05, 4.69) is 10.4 Å². The molecule has 0 unspecified atom stereocenters. The van der Waals surface area contributed by atoms with Gasteiger partial charge in [0.25, 0.3) is 0 Å². The average molecular weight is 141 g/mol. The van der Waals surface area contributed by atoms with Crippen molar-refractivity contribution in [2.45, 2.75) is 6.54 Å². The molecule has 0 aromatic carbocycles. The highest BCUT2D eigenvalue weighted by molar-refractivity contribution is 5.04. The number of rotatable bonds is 2. The van der Waals surface area contributed by atoms with Gasteiger partial charge >= 0.3 is 0 Å². The maximum Gasteiger partial charge on any atom is 0.141 e. The van der Waals surface area contributed by atoms with Crippen LogP contribution in [0.25, 0.3) is 0 Å². The predicted molar refractivity (Wildman–Crippen MR) is 35.2 cm³/mol. The molecule has 0 radical (unpaired) electrons. The fraction of sp³-hybridized carbons (Fsp3) is 0.167. The third-order valence-electron chi connectivity index (χ3n) is 1.07. The zero-order chi connectivity index (χ0) is 7.40. The normalized spacial score (nSPS) is 9.80. The summed E-state index contributed by atoms with van der Waals surface area (Å²) in [6, 6.07) is 2.93. The first kappa shape index (κ1) is 7.11. The van der Waals surface area contributed by atoms with Gasteiger partial charge in [-0.15, -0.1) is 0 Å². The summed E-state index contributed by atoms with van der Waals surface area (Å²) in [5.74, 6) is 4.68. The summed E-state index contributed by atoms with van der Waals surface area (Å²) in [6.07, 6.45) is 1.16. The lowest BCUT2D eigenvalue weighted by Crippen LogP contribution is -2.21. The Labute approximate surface area is 58.0 Å². The van der Waals surface area contributed by atoms with Crippen LogP contribution in [-0.2, 0) is 6.54 Å². The molecule has 0 atom stereocenters. The van der Waals surface area contributed by atoms with Crippen LogP contribution >= 0.6 is 0 Å². The third kappa shape index (κ3) is 1.75. The van der Waals surface area contributed by atoms with Crippen molar-refractivity contribution in [1.29, 1.82) is 0 Å². The molecule has 3 nitrogen and oxygen atoms in total. The zero-order valence-corrected chi connectivity index (χ0v) is 5.34. The minimum Gasteiger partial charge on any atom is -0.271 e. The minimum absolute atomic E-state index is 0.333. The Bertz CT molecular complexity index is 197. The molecule has 1 rings (SSSR count). The van der Waals surface area contributed by atoms with Crippen molar-refractivity contribution in [2.24, 2.45) is 5.84 Å². The van der Waals surface area contributed by atoms with Gasteiger partial charge in [0.1, 0.15) is 5.82 Å². The fourth-order valence-electron chi connectivity index (χ4n) is 0.616. The zero-order valence-electron chi connectivity index (χ0n) is 5.34. The van der Waals surface area contributed by atoms with Crippen LogP contribution in [0, 0.1) is 5.82 Å². The molecule has 0 amide bonds. The number of pyridine rings is 1. The molecule has 0 aliphatic rings. The lowest BCUT2D eigenvalue weighted by atomic mass is 10.3. The number of aromatic nitrogens is 1. The number of halogens is 1. The molecule has 1 aromatic rings. The van der Waals surface area contributed by atoms with E-state index in [0.717, 1.165) is 11.9 Å². The number of hydrazine groups is 1. The van der Waals surface area contributed by atoms with Crippen molar-refractivity contribution in [3.63, 3.8) is 0 Å². The van der Waals surface area contributed by atoms with Crippen molar-refractivity contribution >= 4 is 0 Å². The van der Waals surface area contributed by atoms with E-state index in [-0.39, 0.29) is 5.82 Å². The third-order valence-corrected chi connectivity index (χ3v) is 1.07. The molecule has 0 saturated heterocycles. The topological polar surface area (TPSA) is 50.9 Å². The van der Waals surface area contributed by atoms with Crippen LogP contribution in [0.5, 0.6) is 0 Å². The first-order valence-electron chi connectivity index (χ1n) is 2.87. The molecule has 0 fully saturated rings. The fourth-order valence-corrected chi connectivity index (χ4v) is 0.616. The van der Waals surface area contributed by atoms with E-state index in [4.69, 9.17) is 5.84 Å². The molecule has 0 saturated carbocycles. The molecule has 0 spiro atoms. The SMILES string of the molecule is NNCc1ccc(F)cn1.